The lowest BCUT2D eigenvalue weighted by atomic mass is 10.1. The number of ether oxygens (including phenoxy) is 1. The highest BCUT2D eigenvalue weighted by atomic mass is 79.9. The first-order valence-corrected chi connectivity index (χ1v) is 5.29. The van der Waals surface area contributed by atoms with Gasteiger partial charge in [0.25, 0.3) is 0 Å². The summed E-state index contributed by atoms with van der Waals surface area (Å²) in [5.74, 6) is -0.574. The fraction of sp³-hybridized carbons (Fsp3) is 0.182. The third-order valence-electron chi connectivity index (χ3n) is 1.88. The highest BCUT2D eigenvalue weighted by molar-refractivity contribution is 9.10. The molecule has 0 saturated carbocycles. The van der Waals surface area contributed by atoms with E-state index in [-0.39, 0.29) is 17.7 Å². The number of carbonyl (C=O) groups excluding carboxylic acids is 2. The molecule has 0 aliphatic rings. The van der Waals surface area contributed by atoms with E-state index in [2.05, 4.69) is 15.9 Å². The summed E-state index contributed by atoms with van der Waals surface area (Å²) in [6, 6.07) is 4.68. The Bertz CT molecular complexity index is 477. The van der Waals surface area contributed by atoms with Crippen molar-refractivity contribution in [1.29, 1.82) is 5.26 Å². The van der Waals surface area contributed by atoms with Crippen LogP contribution < -0.4 is 0 Å². The molecular formula is C11H8BrNO3. The molecule has 0 spiro atoms. The van der Waals surface area contributed by atoms with Gasteiger partial charge >= 0.3 is 5.97 Å². The summed E-state index contributed by atoms with van der Waals surface area (Å²) < 4.78 is 5.26. The van der Waals surface area contributed by atoms with Crippen molar-refractivity contribution >= 4 is 28.2 Å². The fourth-order valence-electron chi connectivity index (χ4n) is 1.16. The monoisotopic (exact) mass is 281 g/mol. The Morgan fingerprint density at radius 3 is 2.81 bits per heavy atom. The number of aldehydes is 1. The van der Waals surface area contributed by atoms with E-state index in [4.69, 9.17) is 10.00 Å². The number of hydrogen-bond donors (Lipinski definition) is 0. The van der Waals surface area contributed by atoms with E-state index in [0.29, 0.717) is 16.3 Å². The van der Waals surface area contributed by atoms with Crippen LogP contribution in [-0.4, -0.2) is 18.9 Å². The number of hydrogen-bond acceptors (Lipinski definition) is 4. The Morgan fingerprint density at radius 2 is 2.31 bits per heavy atom. The second-order valence-corrected chi connectivity index (χ2v) is 3.72. The predicted octanol–water partition coefficient (Wildman–Crippen LogP) is 2.31. The van der Waals surface area contributed by atoms with Crippen LogP contribution in [0.2, 0.25) is 0 Å². The zero-order valence-electron chi connectivity index (χ0n) is 8.49. The number of rotatable bonds is 3. The molecule has 0 bridgehead atoms. The van der Waals surface area contributed by atoms with Crippen molar-refractivity contribution < 1.29 is 14.3 Å². The Kier molecular flexibility index (Phi) is 4.20. The number of nitrogens with zero attached hydrogens (tertiary/aromatic N) is 1. The van der Waals surface area contributed by atoms with E-state index in [0.717, 1.165) is 0 Å². The van der Waals surface area contributed by atoms with Gasteiger partial charge in [0.1, 0.15) is 6.07 Å². The Hall–Kier alpha value is -1.67. The standard InChI is InChI=1S/C11H8BrNO3/c1-2-16-11(15)9-4-10(12)7(5-13)3-8(9)6-14/h3-4,6H,2H2,1H3. The lowest BCUT2D eigenvalue weighted by Crippen LogP contribution is -2.08. The molecule has 0 radical (unpaired) electrons. The molecule has 0 fully saturated rings. The van der Waals surface area contributed by atoms with E-state index in [1.54, 1.807) is 6.92 Å². The zero-order valence-corrected chi connectivity index (χ0v) is 10.1. The largest absolute Gasteiger partial charge is 0.462 e. The first-order valence-electron chi connectivity index (χ1n) is 4.50. The Labute approximate surface area is 101 Å². The summed E-state index contributed by atoms with van der Waals surface area (Å²) in [4.78, 5) is 22.3. The molecule has 0 saturated heterocycles. The maximum atomic E-state index is 11.5. The number of halogens is 1. The lowest BCUT2D eigenvalue weighted by molar-refractivity contribution is 0.0524. The van der Waals surface area contributed by atoms with Crippen molar-refractivity contribution in [2.45, 2.75) is 6.92 Å². The topological polar surface area (TPSA) is 67.2 Å². The summed E-state index contributed by atoms with van der Waals surface area (Å²) in [5, 5.41) is 8.76. The average Bonchev–Trinajstić information content (AvgIpc) is 2.29. The summed E-state index contributed by atoms with van der Waals surface area (Å²) in [6.45, 7) is 1.91. The second-order valence-electron chi connectivity index (χ2n) is 2.87. The van der Waals surface area contributed by atoms with Gasteiger partial charge in [-0.2, -0.15) is 5.26 Å². The van der Waals surface area contributed by atoms with Crippen molar-refractivity contribution in [3.8, 4) is 6.07 Å². The summed E-state index contributed by atoms with van der Waals surface area (Å²) in [7, 11) is 0. The van der Waals surface area contributed by atoms with Crippen LogP contribution in [0.3, 0.4) is 0 Å². The van der Waals surface area contributed by atoms with E-state index >= 15 is 0 Å². The molecule has 0 aromatic heterocycles. The average molecular weight is 282 g/mol. The molecule has 0 amide bonds. The molecule has 0 aliphatic carbocycles. The van der Waals surface area contributed by atoms with Gasteiger partial charge in [-0.3, -0.25) is 4.79 Å². The maximum Gasteiger partial charge on any atom is 0.338 e. The number of benzene rings is 1. The van der Waals surface area contributed by atoms with Crippen molar-refractivity contribution in [2.75, 3.05) is 6.61 Å². The number of carbonyl (C=O) groups is 2. The SMILES string of the molecule is CCOC(=O)c1cc(Br)c(C#N)cc1C=O. The number of esters is 1. The zero-order chi connectivity index (χ0) is 12.1. The maximum absolute atomic E-state index is 11.5. The van der Waals surface area contributed by atoms with Crippen molar-refractivity contribution in [3.05, 3.63) is 33.3 Å². The highest BCUT2D eigenvalue weighted by Gasteiger charge is 2.15. The first-order chi connectivity index (χ1) is 7.63. The van der Waals surface area contributed by atoms with Gasteiger partial charge in [-0.15, -0.1) is 0 Å². The normalized spacial score (nSPS) is 9.31. The molecule has 0 unspecified atom stereocenters. The molecule has 0 heterocycles. The minimum Gasteiger partial charge on any atom is -0.462 e. The van der Waals surface area contributed by atoms with E-state index in [9.17, 15) is 9.59 Å². The van der Waals surface area contributed by atoms with Gasteiger partial charge in [-0.25, -0.2) is 4.79 Å². The Morgan fingerprint density at radius 1 is 1.62 bits per heavy atom. The van der Waals surface area contributed by atoms with Crippen LogP contribution in [0.15, 0.2) is 16.6 Å². The molecule has 1 aromatic carbocycles. The van der Waals surface area contributed by atoms with Crippen molar-refractivity contribution in [2.24, 2.45) is 0 Å². The third-order valence-corrected chi connectivity index (χ3v) is 2.54. The molecule has 1 rings (SSSR count). The highest BCUT2D eigenvalue weighted by Crippen LogP contribution is 2.21. The molecule has 0 aliphatic heterocycles. The summed E-state index contributed by atoms with van der Waals surface area (Å²) in [6.07, 6.45) is 0.527. The van der Waals surface area contributed by atoms with E-state index in [1.165, 1.54) is 12.1 Å². The number of nitriles is 1. The van der Waals surface area contributed by atoms with Crippen molar-refractivity contribution in [1.82, 2.24) is 0 Å². The summed E-state index contributed by atoms with van der Waals surface area (Å²) >= 11 is 3.14. The molecule has 4 nitrogen and oxygen atoms in total. The van der Waals surface area contributed by atoms with Gasteiger partial charge in [0, 0.05) is 10.0 Å². The van der Waals surface area contributed by atoms with Gasteiger partial charge < -0.3 is 4.74 Å². The summed E-state index contributed by atoms with van der Waals surface area (Å²) in [5.41, 5.74) is 0.607. The third kappa shape index (κ3) is 2.47. The van der Waals surface area contributed by atoms with E-state index < -0.39 is 5.97 Å². The van der Waals surface area contributed by atoms with Gasteiger partial charge in [0.15, 0.2) is 6.29 Å². The second kappa shape index (κ2) is 5.42. The van der Waals surface area contributed by atoms with Crippen LogP contribution in [0.5, 0.6) is 0 Å². The lowest BCUT2D eigenvalue weighted by Gasteiger charge is -2.06. The van der Waals surface area contributed by atoms with Crippen LogP contribution in [0, 0.1) is 11.3 Å². The van der Waals surface area contributed by atoms with Crippen LogP contribution in [-0.2, 0) is 4.74 Å². The van der Waals surface area contributed by atoms with Crippen molar-refractivity contribution in [3.63, 3.8) is 0 Å². The van der Waals surface area contributed by atoms with E-state index in [1.807, 2.05) is 6.07 Å². The quantitative estimate of drug-likeness (QED) is 0.630. The predicted molar refractivity (Wildman–Crippen MR) is 60.2 cm³/mol. The molecule has 16 heavy (non-hydrogen) atoms. The fourth-order valence-corrected chi connectivity index (χ4v) is 1.59. The molecule has 82 valence electrons. The molecular weight excluding hydrogens is 274 g/mol. The molecule has 0 N–H and O–H groups in total. The van der Waals surface area contributed by atoms with Gasteiger partial charge in [-0.1, -0.05) is 0 Å². The van der Waals surface area contributed by atoms with Crippen LogP contribution in [0.1, 0.15) is 33.2 Å². The van der Waals surface area contributed by atoms with Gasteiger partial charge in [0.05, 0.1) is 17.7 Å². The van der Waals surface area contributed by atoms with Crippen LogP contribution >= 0.6 is 15.9 Å². The van der Waals surface area contributed by atoms with Crippen LogP contribution in [0.25, 0.3) is 0 Å². The smallest absolute Gasteiger partial charge is 0.338 e. The molecule has 1 aromatic rings. The minimum atomic E-state index is -0.574. The molecule has 5 heteroatoms. The van der Waals surface area contributed by atoms with Crippen LogP contribution in [0.4, 0.5) is 0 Å². The first kappa shape index (κ1) is 12.4. The van der Waals surface area contributed by atoms with Gasteiger partial charge in [-0.05, 0) is 35.0 Å². The minimum absolute atomic E-state index is 0.151. The Balaban J connectivity index is 3.29. The van der Waals surface area contributed by atoms with Gasteiger partial charge in [0.2, 0.25) is 0 Å². The molecule has 0 atom stereocenters.